The molecule has 0 aromatic heterocycles. The molecule has 0 spiro atoms. The van der Waals surface area contributed by atoms with Crippen molar-refractivity contribution in [2.75, 3.05) is 38.2 Å². The van der Waals surface area contributed by atoms with Crippen LogP contribution >= 0.6 is 12.2 Å². The Labute approximate surface area is 369 Å². The molecule has 2 aliphatic carbocycles. The van der Waals surface area contributed by atoms with E-state index in [0.29, 0.717) is 49.1 Å². The molecule has 2 aromatic rings. The molecule has 344 valence electrons. The van der Waals surface area contributed by atoms with Crippen molar-refractivity contribution in [3.63, 3.8) is 0 Å². The number of non-ortho nitro benzene ring substituents is 2. The smallest absolute Gasteiger partial charge is 0.328 e. The summed E-state index contributed by atoms with van der Waals surface area (Å²) in [4.78, 5) is 59.2. The number of rotatable bonds is 22. The minimum atomic E-state index is -3.04. The highest BCUT2D eigenvalue weighted by molar-refractivity contribution is 7.90. The fraction of sp³-hybridized carbons (Fsp3) is 0.619. The molecule has 2 fully saturated rings. The van der Waals surface area contributed by atoms with E-state index in [0.717, 1.165) is 56.9 Å². The van der Waals surface area contributed by atoms with Gasteiger partial charge in [0, 0.05) is 72.0 Å². The predicted molar refractivity (Wildman–Crippen MR) is 238 cm³/mol. The second kappa shape index (κ2) is 23.8. The van der Waals surface area contributed by atoms with Crippen LogP contribution < -0.4 is 10.6 Å². The maximum atomic E-state index is 13.2. The number of methoxy groups -OCH3 is 2. The highest BCUT2D eigenvalue weighted by Crippen LogP contribution is 2.44. The van der Waals surface area contributed by atoms with Gasteiger partial charge in [0.1, 0.15) is 31.8 Å². The summed E-state index contributed by atoms with van der Waals surface area (Å²) >= 11 is 5.74. The number of hydrogen-bond donors (Lipinski definition) is 2. The maximum Gasteiger partial charge on any atom is 0.328 e. The van der Waals surface area contributed by atoms with Crippen LogP contribution in [-0.4, -0.2) is 99.8 Å². The average molecular weight is 925 g/mol. The number of esters is 2. The van der Waals surface area contributed by atoms with E-state index in [4.69, 9.17) is 21.7 Å². The molecule has 2 N–H and O–H groups in total. The van der Waals surface area contributed by atoms with Crippen molar-refractivity contribution in [3.8, 4) is 0 Å². The fourth-order valence-electron chi connectivity index (χ4n) is 8.21. The maximum absolute atomic E-state index is 13.2. The Balaban J connectivity index is 0.000000330. The molecule has 0 radical (unpaired) electrons. The van der Waals surface area contributed by atoms with E-state index in [1.807, 2.05) is 0 Å². The zero-order chi connectivity index (χ0) is 46.1. The summed E-state index contributed by atoms with van der Waals surface area (Å²) in [6.07, 6.45) is 13.8. The molecular formula is C42H60N4O13S3. The fourth-order valence-corrected chi connectivity index (χ4v) is 10.1. The summed E-state index contributed by atoms with van der Waals surface area (Å²) in [6, 6.07) is 10.3. The lowest BCUT2D eigenvalue weighted by Crippen LogP contribution is -2.49. The van der Waals surface area contributed by atoms with Crippen molar-refractivity contribution in [1.29, 1.82) is 0 Å². The summed E-state index contributed by atoms with van der Waals surface area (Å²) in [5.74, 6) is -1.01. The van der Waals surface area contributed by atoms with Gasteiger partial charge in [-0.2, -0.15) is 0 Å². The van der Waals surface area contributed by atoms with Crippen LogP contribution in [0.25, 0.3) is 0 Å². The van der Waals surface area contributed by atoms with Crippen molar-refractivity contribution >= 4 is 66.1 Å². The molecule has 4 rings (SSSR count). The van der Waals surface area contributed by atoms with Crippen molar-refractivity contribution in [2.45, 2.75) is 115 Å². The molecule has 2 aliphatic rings. The van der Waals surface area contributed by atoms with Crippen LogP contribution in [0.2, 0.25) is 0 Å². The minimum Gasteiger partial charge on any atom is -0.467 e. The second-order valence-corrected chi connectivity index (χ2v) is 21.4. The number of amides is 1. The third kappa shape index (κ3) is 16.6. The number of nitro benzene ring substituents is 2. The van der Waals surface area contributed by atoms with Crippen LogP contribution in [0.4, 0.5) is 11.4 Å². The van der Waals surface area contributed by atoms with Crippen molar-refractivity contribution in [1.82, 2.24) is 10.6 Å². The molecular weight excluding hydrogens is 865 g/mol. The van der Waals surface area contributed by atoms with Crippen molar-refractivity contribution in [3.05, 3.63) is 79.9 Å². The van der Waals surface area contributed by atoms with Gasteiger partial charge in [-0.15, -0.1) is 0 Å². The van der Waals surface area contributed by atoms with Gasteiger partial charge in [-0.25, -0.2) is 26.4 Å². The first-order valence-electron chi connectivity index (χ1n) is 20.7. The van der Waals surface area contributed by atoms with Crippen LogP contribution in [0.3, 0.4) is 0 Å². The number of carbonyl (C=O) groups is 3. The standard InChI is InChI=1S/C21H30N2O7S.C21H30N2O6S2/c1-30-19(24)18(15-16-7-9-17(10-8-16)23(26)27)22-20(25)21(11-3-4-12-21)13-5-6-14-31(2,28)29;1-29-19(24)18(15-16-7-9-17(10-8-16)23(25)26)22-20(30)21(11-3-4-12-21)13-5-6-14-31(2,27)28/h7-10,18H,3-6,11-15H2,1-2H3,(H,22,25);7-10,18H,3-6,11-15H2,1-2H3,(H,22,30)/t2*18-/m00/s1. The summed E-state index contributed by atoms with van der Waals surface area (Å²) in [5.41, 5.74) is 0.496. The zero-order valence-corrected chi connectivity index (χ0v) is 38.4. The number of carbonyl (C=O) groups excluding carboxylic acids is 3. The van der Waals surface area contributed by atoms with Crippen molar-refractivity contribution < 1.29 is 50.5 Å². The SMILES string of the molecule is COC(=O)[C@H](Cc1ccc([N+](=O)[O-])cc1)NC(=O)C1(CCCCS(C)(=O)=O)CCCC1.COC(=O)[C@H](Cc1ccc([N+](=O)[O-])cc1)NC(=S)C1(CCCCS(C)(=O)=O)CCCC1. The molecule has 20 heteroatoms. The minimum absolute atomic E-state index is 0.0131. The molecule has 2 atom stereocenters. The van der Waals surface area contributed by atoms with Gasteiger partial charge in [0.2, 0.25) is 5.91 Å². The van der Waals surface area contributed by atoms with E-state index in [2.05, 4.69) is 10.6 Å². The molecule has 2 saturated carbocycles. The topological polar surface area (TPSA) is 248 Å². The van der Waals surface area contributed by atoms with Gasteiger partial charge in [-0.05, 0) is 62.5 Å². The monoisotopic (exact) mass is 924 g/mol. The summed E-state index contributed by atoms with van der Waals surface area (Å²) in [5, 5.41) is 27.7. The predicted octanol–water partition coefficient (Wildman–Crippen LogP) is 5.94. The number of thiocarbonyl (C=S) groups is 1. The lowest BCUT2D eigenvalue weighted by Gasteiger charge is -2.32. The zero-order valence-electron chi connectivity index (χ0n) is 35.9. The number of sulfone groups is 2. The highest BCUT2D eigenvalue weighted by atomic mass is 32.2. The van der Waals surface area contributed by atoms with E-state index in [9.17, 15) is 51.4 Å². The Morgan fingerprint density at radius 1 is 0.645 bits per heavy atom. The summed E-state index contributed by atoms with van der Waals surface area (Å²) in [6.45, 7) is 0. The number of hydrogen-bond acceptors (Lipinski definition) is 14. The lowest BCUT2D eigenvalue weighted by molar-refractivity contribution is -0.385. The molecule has 0 saturated heterocycles. The molecule has 0 bridgehead atoms. The van der Waals surface area contributed by atoms with Gasteiger partial charge < -0.3 is 20.1 Å². The number of nitrogens with zero attached hydrogens (tertiary/aromatic N) is 2. The third-order valence-corrected chi connectivity index (χ3v) is 14.3. The molecule has 2 aromatic carbocycles. The van der Waals surface area contributed by atoms with Gasteiger partial charge in [-0.1, -0.05) is 75.0 Å². The average Bonchev–Trinajstić information content (AvgIpc) is 3.92. The second-order valence-electron chi connectivity index (χ2n) is 16.5. The van der Waals surface area contributed by atoms with E-state index >= 15 is 0 Å². The largest absolute Gasteiger partial charge is 0.467 e. The van der Waals surface area contributed by atoms with Gasteiger partial charge in [-0.3, -0.25) is 25.0 Å². The molecule has 62 heavy (non-hydrogen) atoms. The van der Waals surface area contributed by atoms with Crippen molar-refractivity contribution in [2.24, 2.45) is 10.8 Å². The van der Waals surface area contributed by atoms with Crippen LogP contribution in [0.5, 0.6) is 0 Å². The summed E-state index contributed by atoms with van der Waals surface area (Å²) < 4.78 is 55.3. The van der Waals surface area contributed by atoms with E-state index in [-0.39, 0.29) is 47.0 Å². The number of unbranched alkanes of at least 4 members (excludes halogenated alkanes) is 2. The van der Waals surface area contributed by atoms with E-state index in [1.54, 1.807) is 24.3 Å². The van der Waals surface area contributed by atoms with E-state index in [1.165, 1.54) is 51.0 Å². The molecule has 1 amide bonds. The number of benzene rings is 2. The first-order valence-corrected chi connectivity index (χ1v) is 25.3. The lowest BCUT2D eigenvalue weighted by atomic mass is 9.80. The number of nitro groups is 2. The quantitative estimate of drug-likeness (QED) is 0.0456. The van der Waals surface area contributed by atoms with Crippen LogP contribution in [0.15, 0.2) is 48.5 Å². The third-order valence-electron chi connectivity index (χ3n) is 11.7. The van der Waals surface area contributed by atoms with Crippen LogP contribution in [-0.2, 0) is 56.4 Å². The van der Waals surface area contributed by atoms with Gasteiger partial charge in [0.25, 0.3) is 11.4 Å². The van der Waals surface area contributed by atoms with Gasteiger partial charge in [0.15, 0.2) is 0 Å². The Morgan fingerprint density at radius 2 is 1.00 bits per heavy atom. The Kier molecular flexibility index (Phi) is 19.8. The molecule has 0 unspecified atom stereocenters. The van der Waals surface area contributed by atoms with Crippen LogP contribution in [0.1, 0.15) is 101 Å². The Bertz CT molecular complexity index is 1930. The Hall–Kier alpha value is -4.56. The van der Waals surface area contributed by atoms with Gasteiger partial charge in [0.05, 0.1) is 29.1 Å². The molecule has 0 heterocycles. The number of ether oxygens (including phenoxy) is 2. The van der Waals surface area contributed by atoms with Gasteiger partial charge >= 0.3 is 11.9 Å². The highest BCUT2D eigenvalue weighted by Gasteiger charge is 2.42. The molecule has 0 aliphatic heterocycles. The normalized spacial score (nSPS) is 16.5. The molecule has 17 nitrogen and oxygen atoms in total. The first-order chi connectivity index (χ1) is 29.1. The Morgan fingerprint density at radius 3 is 1.35 bits per heavy atom. The summed E-state index contributed by atoms with van der Waals surface area (Å²) in [7, 11) is -3.47. The number of nitrogens with one attached hydrogen (secondary N) is 2. The van der Waals surface area contributed by atoms with E-state index < -0.39 is 59.0 Å². The van der Waals surface area contributed by atoms with Crippen LogP contribution in [0, 0.1) is 31.1 Å². The first kappa shape index (κ1) is 51.8.